The molecule has 2 nitrogen and oxygen atoms in total. The van der Waals surface area contributed by atoms with Gasteiger partial charge in [0.2, 0.25) is 0 Å². The van der Waals surface area contributed by atoms with E-state index in [-0.39, 0.29) is 5.75 Å². The standard InChI is InChI=1S/C11H12ClNO/c1-7-5-11(14)10(6-13)8(2)9(7)3-4-12/h5,14H,3-4H2,1-2H3. The second-order valence-corrected chi connectivity index (χ2v) is 3.62. The molecular weight excluding hydrogens is 198 g/mol. The summed E-state index contributed by atoms with van der Waals surface area (Å²) in [6.45, 7) is 3.75. The van der Waals surface area contributed by atoms with Crippen LogP contribution >= 0.6 is 11.6 Å². The van der Waals surface area contributed by atoms with Gasteiger partial charge < -0.3 is 5.11 Å². The molecule has 1 aromatic rings. The molecule has 0 atom stereocenters. The minimum Gasteiger partial charge on any atom is -0.507 e. The van der Waals surface area contributed by atoms with Crippen LogP contribution in [-0.2, 0) is 6.42 Å². The fourth-order valence-corrected chi connectivity index (χ4v) is 1.81. The predicted octanol–water partition coefficient (Wildman–Crippen LogP) is 2.66. The lowest BCUT2D eigenvalue weighted by Gasteiger charge is -2.11. The zero-order chi connectivity index (χ0) is 10.7. The Bertz CT molecular complexity index is 393. The third-order valence-corrected chi connectivity index (χ3v) is 2.56. The van der Waals surface area contributed by atoms with Gasteiger partial charge in [-0.25, -0.2) is 0 Å². The van der Waals surface area contributed by atoms with E-state index in [1.54, 1.807) is 6.07 Å². The first-order valence-electron chi connectivity index (χ1n) is 4.40. The fourth-order valence-electron chi connectivity index (χ4n) is 1.62. The van der Waals surface area contributed by atoms with Crippen molar-refractivity contribution in [2.45, 2.75) is 20.3 Å². The summed E-state index contributed by atoms with van der Waals surface area (Å²) in [5, 5.41) is 18.3. The van der Waals surface area contributed by atoms with Gasteiger partial charge in [0.05, 0.1) is 5.56 Å². The normalized spacial score (nSPS) is 9.86. The van der Waals surface area contributed by atoms with Gasteiger partial charge in [-0.2, -0.15) is 5.26 Å². The van der Waals surface area contributed by atoms with Crippen LogP contribution in [0.3, 0.4) is 0 Å². The van der Waals surface area contributed by atoms with E-state index >= 15 is 0 Å². The van der Waals surface area contributed by atoms with Crippen LogP contribution in [0.15, 0.2) is 6.07 Å². The highest BCUT2D eigenvalue weighted by Crippen LogP contribution is 2.27. The quantitative estimate of drug-likeness (QED) is 0.762. The number of phenolic OH excluding ortho intramolecular Hbond substituents is 1. The van der Waals surface area contributed by atoms with Crippen molar-refractivity contribution in [1.82, 2.24) is 0 Å². The van der Waals surface area contributed by atoms with Crippen molar-refractivity contribution in [2.24, 2.45) is 0 Å². The Morgan fingerprint density at radius 2 is 2.14 bits per heavy atom. The van der Waals surface area contributed by atoms with E-state index in [0.29, 0.717) is 11.4 Å². The molecule has 0 saturated heterocycles. The Morgan fingerprint density at radius 1 is 1.50 bits per heavy atom. The monoisotopic (exact) mass is 209 g/mol. The number of phenols is 1. The maximum atomic E-state index is 9.51. The van der Waals surface area contributed by atoms with E-state index in [1.807, 2.05) is 19.9 Å². The minimum atomic E-state index is 0.0563. The molecule has 0 heterocycles. The van der Waals surface area contributed by atoms with Crippen LogP contribution in [-0.4, -0.2) is 11.0 Å². The van der Waals surface area contributed by atoms with Gasteiger partial charge in [-0.3, -0.25) is 0 Å². The lowest BCUT2D eigenvalue weighted by atomic mass is 9.95. The summed E-state index contributed by atoms with van der Waals surface area (Å²) in [5.41, 5.74) is 3.25. The maximum absolute atomic E-state index is 9.51. The highest BCUT2D eigenvalue weighted by molar-refractivity contribution is 6.18. The molecule has 0 aliphatic carbocycles. The number of aromatic hydroxyl groups is 1. The number of hydrogen-bond donors (Lipinski definition) is 1. The van der Waals surface area contributed by atoms with Crippen LogP contribution in [0.5, 0.6) is 5.75 Å². The van der Waals surface area contributed by atoms with Crippen LogP contribution in [0.1, 0.15) is 22.3 Å². The van der Waals surface area contributed by atoms with E-state index in [4.69, 9.17) is 16.9 Å². The molecule has 0 saturated carbocycles. The Labute approximate surface area is 88.7 Å². The van der Waals surface area contributed by atoms with Crippen LogP contribution in [0.25, 0.3) is 0 Å². The van der Waals surface area contributed by atoms with Gasteiger partial charge in [-0.15, -0.1) is 11.6 Å². The van der Waals surface area contributed by atoms with Crippen molar-refractivity contribution in [2.75, 3.05) is 5.88 Å². The molecule has 0 unspecified atom stereocenters. The maximum Gasteiger partial charge on any atom is 0.133 e. The van der Waals surface area contributed by atoms with Crippen LogP contribution < -0.4 is 0 Å². The van der Waals surface area contributed by atoms with E-state index < -0.39 is 0 Å². The zero-order valence-electron chi connectivity index (χ0n) is 8.26. The number of nitrogens with zero attached hydrogens (tertiary/aromatic N) is 1. The fraction of sp³-hybridized carbons (Fsp3) is 0.364. The van der Waals surface area contributed by atoms with Crippen molar-refractivity contribution in [1.29, 1.82) is 5.26 Å². The summed E-state index contributed by atoms with van der Waals surface area (Å²) in [6.07, 6.45) is 0.730. The van der Waals surface area contributed by atoms with Crippen molar-refractivity contribution in [3.63, 3.8) is 0 Å². The molecule has 0 aromatic heterocycles. The van der Waals surface area contributed by atoms with Gasteiger partial charge in [-0.05, 0) is 43.0 Å². The average molecular weight is 210 g/mol. The third kappa shape index (κ3) is 1.83. The Morgan fingerprint density at radius 3 is 2.64 bits per heavy atom. The highest BCUT2D eigenvalue weighted by Gasteiger charge is 2.11. The van der Waals surface area contributed by atoms with Crippen molar-refractivity contribution < 1.29 is 5.11 Å². The predicted molar refractivity (Wildman–Crippen MR) is 56.7 cm³/mol. The topological polar surface area (TPSA) is 44.0 Å². The third-order valence-electron chi connectivity index (χ3n) is 2.37. The van der Waals surface area contributed by atoms with Crippen molar-refractivity contribution in [3.05, 3.63) is 28.3 Å². The Hall–Kier alpha value is -1.20. The molecule has 74 valence electrons. The molecule has 0 aliphatic heterocycles. The van der Waals surface area contributed by atoms with Gasteiger partial charge in [0.15, 0.2) is 0 Å². The van der Waals surface area contributed by atoms with Gasteiger partial charge >= 0.3 is 0 Å². The second kappa shape index (κ2) is 4.34. The second-order valence-electron chi connectivity index (χ2n) is 3.24. The zero-order valence-corrected chi connectivity index (χ0v) is 9.02. The van der Waals surface area contributed by atoms with Gasteiger partial charge in [0.1, 0.15) is 11.8 Å². The average Bonchev–Trinajstić information content (AvgIpc) is 2.12. The Kier molecular flexibility index (Phi) is 3.38. The lowest BCUT2D eigenvalue weighted by Crippen LogP contribution is -1.98. The Balaban J connectivity index is 3.38. The molecule has 0 spiro atoms. The van der Waals surface area contributed by atoms with Crippen molar-refractivity contribution >= 4 is 11.6 Å². The number of aryl methyl sites for hydroxylation is 1. The summed E-state index contributed by atoms with van der Waals surface area (Å²) in [4.78, 5) is 0. The summed E-state index contributed by atoms with van der Waals surface area (Å²) in [5.74, 6) is 0.581. The molecule has 1 aromatic carbocycles. The van der Waals surface area contributed by atoms with E-state index in [0.717, 1.165) is 23.1 Å². The molecule has 14 heavy (non-hydrogen) atoms. The van der Waals surface area contributed by atoms with Gasteiger partial charge in [-0.1, -0.05) is 0 Å². The number of benzene rings is 1. The highest BCUT2D eigenvalue weighted by atomic mass is 35.5. The number of rotatable bonds is 2. The van der Waals surface area contributed by atoms with E-state index in [9.17, 15) is 5.11 Å². The minimum absolute atomic E-state index is 0.0563. The summed E-state index contributed by atoms with van der Waals surface area (Å²) >= 11 is 5.67. The van der Waals surface area contributed by atoms with Crippen LogP contribution in [0.4, 0.5) is 0 Å². The largest absolute Gasteiger partial charge is 0.507 e. The number of hydrogen-bond acceptors (Lipinski definition) is 2. The molecule has 1 N–H and O–H groups in total. The molecule has 1 rings (SSSR count). The molecule has 0 aliphatic rings. The molecule has 0 bridgehead atoms. The molecular formula is C11H12ClNO. The van der Waals surface area contributed by atoms with Crippen LogP contribution in [0, 0.1) is 25.2 Å². The van der Waals surface area contributed by atoms with Gasteiger partial charge in [0, 0.05) is 5.88 Å². The first-order chi connectivity index (χ1) is 6.61. The smallest absolute Gasteiger partial charge is 0.133 e. The summed E-state index contributed by atoms with van der Waals surface area (Å²) in [7, 11) is 0. The first-order valence-corrected chi connectivity index (χ1v) is 4.93. The van der Waals surface area contributed by atoms with Crippen LogP contribution in [0.2, 0.25) is 0 Å². The first kappa shape index (κ1) is 10.9. The number of alkyl halides is 1. The molecule has 3 heteroatoms. The van der Waals surface area contributed by atoms with Crippen molar-refractivity contribution in [3.8, 4) is 11.8 Å². The molecule has 0 fully saturated rings. The van der Waals surface area contributed by atoms with E-state index in [2.05, 4.69) is 0 Å². The molecule has 0 radical (unpaired) electrons. The number of nitriles is 1. The molecule has 0 amide bonds. The lowest BCUT2D eigenvalue weighted by molar-refractivity contribution is 0.472. The summed E-state index contributed by atoms with van der Waals surface area (Å²) in [6, 6.07) is 3.61. The summed E-state index contributed by atoms with van der Waals surface area (Å²) < 4.78 is 0. The number of halogens is 1. The SMILES string of the molecule is Cc1cc(O)c(C#N)c(C)c1CCCl. The van der Waals surface area contributed by atoms with Gasteiger partial charge in [0.25, 0.3) is 0 Å². The van der Waals surface area contributed by atoms with E-state index in [1.165, 1.54) is 0 Å².